The van der Waals surface area contributed by atoms with E-state index in [1.807, 2.05) is 115 Å². The Balaban J connectivity index is 1.02. The van der Waals surface area contributed by atoms with Gasteiger partial charge in [-0.2, -0.15) is 4.73 Å². The van der Waals surface area contributed by atoms with Crippen LogP contribution in [0.15, 0.2) is 157 Å². The quantitative estimate of drug-likeness (QED) is 0.0651. The summed E-state index contributed by atoms with van der Waals surface area (Å²) in [6, 6.07) is 45.8. The number of anilines is 1. The highest BCUT2D eigenvalue weighted by molar-refractivity contribution is 7.99. The molecule has 0 saturated carbocycles. The van der Waals surface area contributed by atoms with Crippen molar-refractivity contribution in [3.63, 3.8) is 0 Å². The van der Waals surface area contributed by atoms with Gasteiger partial charge in [0, 0.05) is 41.6 Å². The Morgan fingerprint density at radius 1 is 0.778 bits per heavy atom. The van der Waals surface area contributed by atoms with Gasteiger partial charge in [-0.05, 0) is 82.4 Å². The largest absolute Gasteiger partial charge is 0.618 e. The predicted molar refractivity (Wildman–Crippen MR) is 210 cm³/mol. The zero-order valence-corrected chi connectivity index (χ0v) is 30.5. The minimum atomic E-state index is -0.656. The number of urea groups is 1. The number of amides is 2. The molecule has 1 aromatic heterocycles. The van der Waals surface area contributed by atoms with Crippen molar-refractivity contribution in [3.8, 4) is 22.6 Å². The molecule has 4 atom stereocenters. The molecule has 3 N–H and O–H groups in total. The summed E-state index contributed by atoms with van der Waals surface area (Å²) in [4.78, 5) is 12.8. The first-order valence-electron chi connectivity index (χ1n) is 17.8. The number of aliphatic hydroxyl groups excluding tert-OH is 1. The summed E-state index contributed by atoms with van der Waals surface area (Å²) in [6.07, 6.45) is 0.347. The molecule has 0 spiro atoms. The van der Waals surface area contributed by atoms with E-state index in [-0.39, 0.29) is 30.8 Å². The number of aliphatic hydroxyl groups is 1. The van der Waals surface area contributed by atoms with Crippen molar-refractivity contribution in [2.24, 2.45) is 5.92 Å². The molecule has 2 amide bonds. The molecule has 1 fully saturated rings. The van der Waals surface area contributed by atoms with Gasteiger partial charge in [0.1, 0.15) is 11.5 Å². The molecule has 0 radical (unpaired) electrons. The lowest BCUT2D eigenvalue weighted by Gasteiger charge is -2.41. The van der Waals surface area contributed by atoms with E-state index in [2.05, 4.69) is 29.7 Å². The molecule has 0 unspecified atom stereocenters. The van der Waals surface area contributed by atoms with Crippen molar-refractivity contribution in [1.29, 1.82) is 0 Å². The van der Waals surface area contributed by atoms with Crippen LogP contribution >= 0.6 is 11.8 Å². The Kier molecular flexibility index (Phi) is 11.9. The number of para-hydroxylation sites is 1. The fourth-order valence-corrected chi connectivity index (χ4v) is 7.40. The summed E-state index contributed by atoms with van der Waals surface area (Å²) in [5.74, 6) is 1.97. The van der Waals surface area contributed by atoms with Crippen LogP contribution in [0.1, 0.15) is 41.6 Å². The maximum atomic E-state index is 12.8. The van der Waals surface area contributed by atoms with Gasteiger partial charge in [-0.3, -0.25) is 0 Å². The number of hydrogen-bond acceptors (Lipinski definition) is 7. The summed E-state index contributed by atoms with van der Waals surface area (Å²) in [6.45, 7) is 2.41. The van der Waals surface area contributed by atoms with Crippen LogP contribution in [0.4, 0.5) is 10.5 Å². The number of rotatable bonds is 12. The third-order valence-corrected chi connectivity index (χ3v) is 10.4. The van der Waals surface area contributed by atoms with Crippen LogP contribution in [-0.2, 0) is 22.6 Å². The van der Waals surface area contributed by atoms with Crippen molar-refractivity contribution in [2.75, 3.05) is 11.1 Å². The molecule has 1 aliphatic heterocycles. The van der Waals surface area contributed by atoms with Crippen molar-refractivity contribution in [3.05, 3.63) is 179 Å². The number of pyridine rings is 1. The van der Waals surface area contributed by atoms with Gasteiger partial charge < -0.3 is 35.2 Å². The van der Waals surface area contributed by atoms with E-state index >= 15 is 0 Å². The van der Waals surface area contributed by atoms with Gasteiger partial charge in [-0.15, -0.1) is 0 Å². The number of ether oxygens (including phenoxy) is 3. The van der Waals surface area contributed by atoms with E-state index in [9.17, 15) is 15.1 Å². The standard InChI is InChI=1S/C44H41N3O6S/c1-30-40(29-54-41-15-5-6-24-47(41)50)52-43(53-42(30)33-18-16-31(28-48)17-19-33)36-12-8-11-35(26-36)34-10-7-9-32(25-34)27-45-44(49)46-37-20-22-39(23-21-37)51-38-13-3-2-4-14-38/h2-26,30,40,42-43,48H,27-29H2,1H3,(H2,45,46,49)/t30-,40+,42+,43+/m1/s1. The summed E-state index contributed by atoms with van der Waals surface area (Å²) in [5.41, 5.74) is 6.26. The Morgan fingerprint density at radius 2 is 1.50 bits per heavy atom. The zero-order valence-electron chi connectivity index (χ0n) is 29.7. The molecule has 1 saturated heterocycles. The van der Waals surface area contributed by atoms with E-state index in [4.69, 9.17) is 14.2 Å². The van der Waals surface area contributed by atoms with Crippen LogP contribution in [0.2, 0.25) is 0 Å². The Morgan fingerprint density at radius 3 is 2.26 bits per heavy atom. The number of carbonyl (C=O) groups excluding carboxylic acids is 1. The van der Waals surface area contributed by atoms with Crippen molar-refractivity contribution in [1.82, 2.24) is 5.32 Å². The summed E-state index contributed by atoms with van der Waals surface area (Å²) >= 11 is 1.46. The molecular weight excluding hydrogens is 699 g/mol. The number of carbonyl (C=O) groups is 1. The molecule has 10 heteroatoms. The summed E-state index contributed by atoms with van der Waals surface area (Å²) < 4.78 is 20.1. The highest BCUT2D eigenvalue weighted by atomic mass is 32.2. The Hall–Kier alpha value is -5.65. The lowest BCUT2D eigenvalue weighted by molar-refractivity contribution is -0.645. The molecule has 1 aliphatic rings. The third kappa shape index (κ3) is 9.28. The molecule has 7 rings (SSSR count). The lowest BCUT2D eigenvalue weighted by Crippen LogP contribution is -2.39. The molecule has 6 aromatic rings. The van der Waals surface area contributed by atoms with Crippen LogP contribution in [0.3, 0.4) is 0 Å². The van der Waals surface area contributed by atoms with Gasteiger partial charge in [-0.1, -0.05) is 97.5 Å². The van der Waals surface area contributed by atoms with Crippen molar-refractivity contribution >= 4 is 23.5 Å². The highest BCUT2D eigenvalue weighted by Crippen LogP contribution is 2.43. The van der Waals surface area contributed by atoms with Gasteiger partial charge in [0.05, 0.1) is 18.8 Å². The fraction of sp³-hybridized carbons (Fsp3) is 0.182. The lowest BCUT2D eigenvalue weighted by atomic mass is 9.91. The second kappa shape index (κ2) is 17.5. The first-order valence-corrected chi connectivity index (χ1v) is 18.8. The highest BCUT2D eigenvalue weighted by Gasteiger charge is 2.38. The Labute approximate surface area is 319 Å². The minimum absolute atomic E-state index is 0.0184. The topological polar surface area (TPSA) is 116 Å². The van der Waals surface area contributed by atoms with Crippen LogP contribution in [0.25, 0.3) is 11.1 Å². The van der Waals surface area contributed by atoms with E-state index in [1.54, 1.807) is 18.2 Å². The third-order valence-electron chi connectivity index (χ3n) is 9.27. The van der Waals surface area contributed by atoms with Crippen molar-refractivity contribution < 1.29 is 28.8 Å². The maximum Gasteiger partial charge on any atom is 0.319 e. The van der Waals surface area contributed by atoms with E-state index in [1.165, 1.54) is 18.0 Å². The zero-order chi connectivity index (χ0) is 37.3. The SMILES string of the molecule is C[C@@H]1[C@H](CSc2cccc[n+]2[O-])O[C@H](c2cccc(-c3cccc(CNC(=O)Nc4ccc(Oc5ccccc5)cc4)c3)c2)O[C@@H]1c1ccc(CO)cc1. The molecule has 2 heterocycles. The predicted octanol–water partition coefficient (Wildman–Crippen LogP) is 9.18. The minimum Gasteiger partial charge on any atom is -0.618 e. The second-order valence-electron chi connectivity index (χ2n) is 13.1. The van der Waals surface area contributed by atoms with Crippen LogP contribution in [0.5, 0.6) is 11.5 Å². The number of aromatic nitrogens is 1. The first-order chi connectivity index (χ1) is 26.4. The van der Waals surface area contributed by atoms with Gasteiger partial charge in [0.25, 0.3) is 5.03 Å². The number of benzene rings is 5. The van der Waals surface area contributed by atoms with Gasteiger partial charge >= 0.3 is 6.03 Å². The van der Waals surface area contributed by atoms with Crippen molar-refractivity contribution in [2.45, 2.75) is 43.6 Å². The van der Waals surface area contributed by atoms with Gasteiger partial charge in [0.2, 0.25) is 0 Å². The molecule has 5 aromatic carbocycles. The average molecular weight is 740 g/mol. The number of thioether (sulfide) groups is 1. The van der Waals surface area contributed by atoms with E-state index < -0.39 is 6.29 Å². The molecular formula is C44H41N3O6S. The Bertz CT molecular complexity index is 2150. The van der Waals surface area contributed by atoms with E-state index in [0.717, 1.165) is 43.9 Å². The second-order valence-corrected chi connectivity index (χ2v) is 14.1. The average Bonchev–Trinajstić information content (AvgIpc) is 3.21. The maximum absolute atomic E-state index is 12.8. The monoisotopic (exact) mass is 739 g/mol. The van der Waals surface area contributed by atoms with E-state index in [0.29, 0.717) is 28.8 Å². The van der Waals surface area contributed by atoms with Gasteiger partial charge in [-0.25, -0.2) is 4.79 Å². The number of nitrogens with zero attached hydrogens (tertiary/aromatic N) is 1. The molecule has 0 bridgehead atoms. The normalized spacial score (nSPS) is 18.1. The van der Waals surface area contributed by atoms with Gasteiger partial charge in [0.15, 0.2) is 12.5 Å². The molecule has 274 valence electrons. The summed E-state index contributed by atoms with van der Waals surface area (Å²) in [5, 5.41) is 28.4. The smallest absolute Gasteiger partial charge is 0.319 e. The molecule has 0 aliphatic carbocycles. The van der Waals surface area contributed by atoms with Crippen LogP contribution < -0.4 is 20.1 Å². The number of hydrogen-bond donors (Lipinski definition) is 3. The van der Waals surface area contributed by atoms with Crippen LogP contribution in [-0.4, -0.2) is 23.0 Å². The number of nitrogens with one attached hydrogen (secondary N) is 2. The molecule has 54 heavy (non-hydrogen) atoms. The first kappa shape index (κ1) is 36.7. The fourth-order valence-electron chi connectivity index (χ4n) is 6.32. The molecule has 9 nitrogen and oxygen atoms in total. The van der Waals surface area contributed by atoms with Crippen LogP contribution in [0, 0.1) is 11.1 Å². The summed E-state index contributed by atoms with van der Waals surface area (Å²) in [7, 11) is 0.